The Hall–Kier alpha value is -1.66. The Labute approximate surface area is 144 Å². The van der Waals surface area contributed by atoms with Crippen molar-refractivity contribution in [3.63, 3.8) is 0 Å². The number of sulfone groups is 1. The van der Waals surface area contributed by atoms with Crippen LogP contribution in [0.2, 0.25) is 0 Å². The van der Waals surface area contributed by atoms with Crippen LogP contribution >= 0.6 is 0 Å². The fourth-order valence-corrected chi connectivity index (χ4v) is 3.83. The van der Waals surface area contributed by atoms with Crippen LogP contribution in [-0.4, -0.2) is 56.0 Å². The number of likely N-dealkylation sites (tertiary alicyclic amines) is 1. The van der Waals surface area contributed by atoms with Crippen LogP contribution in [0.5, 0.6) is 0 Å². The topological polar surface area (TPSA) is 62.3 Å². The second-order valence-electron chi connectivity index (χ2n) is 6.72. The van der Waals surface area contributed by atoms with Crippen molar-refractivity contribution in [1.29, 1.82) is 0 Å². The van der Waals surface area contributed by atoms with Gasteiger partial charge in [0, 0.05) is 48.7 Å². The first-order valence-corrected chi connectivity index (χ1v) is 10.5. The number of benzene rings is 1. The number of fused-ring (bicyclic) bond motifs is 1. The lowest BCUT2D eigenvalue weighted by Crippen LogP contribution is -2.41. The Morgan fingerprint density at radius 1 is 1.25 bits per heavy atom. The van der Waals surface area contributed by atoms with E-state index in [1.165, 1.54) is 6.26 Å². The first-order valence-electron chi connectivity index (χ1n) is 8.44. The molecule has 0 bridgehead atoms. The van der Waals surface area contributed by atoms with Crippen molar-refractivity contribution in [2.45, 2.75) is 25.8 Å². The van der Waals surface area contributed by atoms with Gasteiger partial charge in [-0.15, -0.1) is 0 Å². The van der Waals surface area contributed by atoms with Gasteiger partial charge in [-0.25, -0.2) is 8.42 Å². The van der Waals surface area contributed by atoms with E-state index in [0.29, 0.717) is 12.6 Å². The van der Waals surface area contributed by atoms with E-state index < -0.39 is 9.84 Å². The average molecular weight is 347 g/mol. The van der Waals surface area contributed by atoms with Crippen LogP contribution in [0.4, 0.5) is 5.69 Å². The minimum atomic E-state index is -2.88. The van der Waals surface area contributed by atoms with E-state index in [9.17, 15) is 8.42 Å². The number of para-hydroxylation sites is 1. The Balaban J connectivity index is 1.62. The smallest absolute Gasteiger partial charge is 0.148 e. The molecule has 2 aromatic rings. The van der Waals surface area contributed by atoms with Crippen molar-refractivity contribution < 1.29 is 8.42 Å². The van der Waals surface area contributed by atoms with Gasteiger partial charge in [-0.2, -0.15) is 0 Å². The molecule has 0 saturated carbocycles. The summed E-state index contributed by atoms with van der Waals surface area (Å²) in [6.45, 7) is 4.54. The Kier molecular flexibility index (Phi) is 5.06. The lowest BCUT2D eigenvalue weighted by molar-refractivity contribution is 0.230. The van der Waals surface area contributed by atoms with Crippen molar-refractivity contribution in [2.75, 3.05) is 37.0 Å². The third-order valence-electron chi connectivity index (χ3n) is 4.57. The molecule has 3 rings (SSSR count). The van der Waals surface area contributed by atoms with Crippen molar-refractivity contribution in [2.24, 2.45) is 0 Å². The highest BCUT2D eigenvalue weighted by molar-refractivity contribution is 7.90. The molecular weight excluding hydrogens is 322 g/mol. The third-order valence-corrected chi connectivity index (χ3v) is 5.49. The normalized spacial score (nSPS) is 17.2. The Bertz CT molecular complexity index is 812. The van der Waals surface area contributed by atoms with Gasteiger partial charge in [-0.05, 0) is 31.9 Å². The van der Waals surface area contributed by atoms with E-state index in [4.69, 9.17) is 0 Å². The number of aryl methyl sites for hydroxylation is 1. The molecule has 0 unspecified atom stereocenters. The summed E-state index contributed by atoms with van der Waals surface area (Å²) in [7, 11) is -2.88. The first kappa shape index (κ1) is 17.2. The van der Waals surface area contributed by atoms with Crippen LogP contribution in [0.25, 0.3) is 10.9 Å². The number of pyridine rings is 1. The Morgan fingerprint density at radius 2 is 1.96 bits per heavy atom. The maximum absolute atomic E-state index is 11.3. The predicted octanol–water partition coefficient (Wildman–Crippen LogP) is 2.46. The highest BCUT2D eigenvalue weighted by Gasteiger charge is 2.20. The van der Waals surface area contributed by atoms with Crippen LogP contribution in [0, 0.1) is 6.92 Å². The number of anilines is 1. The molecule has 0 radical (unpaired) electrons. The molecular formula is C18H25N3O2S. The van der Waals surface area contributed by atoms with Crippen molar-refractivity contribution in [1.82, 2.24) is 9.88 Å². The molecule has 5 nitrogen and oxygen atoms in total. The zero-order valence-corrected chi connectivity index (χ0v) is 15.1. The summed E-state index contributed by atoms with van der Waals surface area (Å²) in [4.78, 5) is 6.83. The molecule has 1 aromatic carbocycles. The van der Waals surface area contributed by atoms with Gasteiger partial charge in [0.25, 0.3) is 0 Å². The molecule has 1 aromatic heterocycles. The van der Waals surface area contributed by atoms with Crippen LogP contribution < -0.4 is 5.32 Å². The number of hydrogen-bond donors (Lipinski definition) is 1. The van der Waals surface area contributed by atoms with Gasteiger partial charge in [-0.3, -0.25) is 4.98 Å². The molecule has 1 saturated heterocycles. The molecule has 1 aliphatic rings. The van der Waals surface area contributed by atoms with Crippen molar-refractivity contribution in [3.05, 3.63) is 36.0 Å². The summed E-state index contributed by atoms with van der Waals surface area (Å²) in [5.41, 5.74) is 3.18. The molecule has 0 spiro atoms. The van der Waals surface area contributed by atoms with E-state index in [1.54, 1.807) is 0 Å². The molecule has 0 amide bonds. The van der Waals surface area contributed by atoms with E-state index in [-0.39, 0.29) is 5.75 Å². The van der Waals surface area contributed by atoms with Gasteiger partial charge in [0.1, 0.15) is 9.84 Å². The van der Waals surface area contributed by atoms with Crippen LogP contribution in [0.15, 0.2) is 30.3 Å². The van der Waals surface area contributed by atoms with E-state index >= 15 is 0 Å². The highest BCUT2D eigenvalue weighted by atomic mass is 32.2. The van der Waals surface area contributed by atoms with E-state index in [1.807, 2.05) is 25.1 Å². The number of hydrogen-bond acceptors (Lipinski definition) is 5. The number of nitrogens with one attached hydrogen (secondary N) is 1. The first-order chi connectivity index (χ1) is 11.4. The summed E-state index contributed by atoms with van der Waals surface area (Å²) in [6.07, 6.45) is 3.36. The second-order valence-corrected chi connectivity index (χ2v) is 8.98. The number of rotatable bonds is 5. The third kappa shape index (κ3) is 4.45. The molecule has 0 atom stereocenters. The molecule has 130 valence electrons. The molecule has 2 heterocycles. The molecule has 24 heavy (non-hydrogen) atoms. The second kappa shape index (κ2) is 7.07. The fourth-order valence-electron chi connectivity index (χ4n) is 3.24. The van der Waals surface area contributed by atoms with Crippen LogP contribution in [-0.2, 0) is 9.84 Å². The monoisotopic (exact) mass is 347 g/mol. The summed E-state index contributed by atoms with van der Waals surface area (Å²) in [5, 5.41) is 4.83. The maximum atomic E-state index is 11.3. The molecule has 6 heteroatoms. The highest BCUT2D eigenvalue weighted by Crippen LogP contribution is 2.25. The van der Waals surface area contributed by atoms with Gasteiger partial charge in [0.15, 0.2) is 0 Å². The minimum absolute atomic E-state index is 0.249. The summed E-state index contributed by atoms with van der Waals surface area (Å²) < 4.78 is 22.6. The van der Waals surface area contributed by atoms with E-state index in [0.717, 1.165) is 48.2 Å². The zero-order chi connectivity index (χ0) is 17.2. The van der Waals surface area contributed by atoms with Gasteiger partial charge in [0.2, 0.25) is 0 Å². The zero-order valence-electron chi connectivity index (χ0n) is 14.3. The van der Waals surface area contributed by atoms with Gasteiger partial charge in [0.05, 0.1) is 11.3 Å². The average Bonchev–Trinajstić information content (AvgIpc) is 2.53. The summed E-state index contributed by atoms with van der Waals surface area (Å²) in [6, 6.07) is 10.7. The van der Waals surface area contributed by atoms with Crippen molar-refractivity contribution >= 4 is 26.4 Å². The predicted molar refractivity (Wildman–Crippen MR) is 99.3 cm³/mol. The SMILES string of the molecule is Cc1cc(NC2CCN(CCS(C)(=O)=O)CC2)c2ccccc2n1. The number of nitrogens with zero attached hydrogens (tertiary/aromatic N) is 2. The quantitative estimate of drug-likeness (QED) is 0.900. The Morgan fingerprint density at radius 3 is 2.67 bits per heavy atom. The van der Waals surface area contributed by atoms with Crippen LogP contribution in [0.3, 0.4) is 0 Å². The lowest BCUT2D eigenvalue weighted by Gasteiger charge is -2.33. The number of aromatic nitrogens is 1. The van der Waals surface area contributed by atoms with Gasteiger partial charge < -0.3 is 10.2 Å². The van der Waals surface area contributed by atoms with Crippen molar-refractivity contribution in [3.8, 4) is 0 Å². The number of piperidine rings is 1. The largest absolute Gasteiger partial charge is 0.382 e. The summed E-state index contributed by atoms with van der Waals surface area (Å²) >= 11 is 0. The summed E-state index contributed by atoms with van der Waals surface area (Å²) in [5.74, 6) is 0.249. The minimum Gasteiger partial charge on any atom is -0.382 e. The van der Waals surface area contributed by atoms with Crippen LogP contribution in [0.1, 0.15) is 18.5 Å². The van der Waals surface area contributed by atoms with Gasteiger partial charge in [-0.1, -0.05) is 18.2 Å². The fraction of sp³-hybridized carbons (Fsp3) is 0.500. The van der Waals surface area contributed by atoms with E-state index in [2.05, 4.69) is 27.3 Å². The molecule has 1 N–H and O–H groups in total. The lowest BCUT2D eigenvalue weighted by atomic mass is 10.0. The molecule has 1 aliphatic heterocycles. The molecule has 0 aliphatic carbocycles. The molecule has 1 fully saturated rings. The standard InChI is InChI=1S/C18H25N3O2S/c1-14-13-18(16-5-3-4-6-17(16)19-14)20-15-7-9-21(10-8-15)11-12-24(2,22)23/h3-6,13,15H,7-12H2,1-2H3,(H,19,20). The maximum Gasteiger partial charge on any atom is 0.148 e. The van der Waals surface area contributed by atoms with Gasteiger partial charge >= 0.3 is 0 Å².